The number of phenols is 1. The fraction of sp³-hybridized carbons (Fsp3) is 0.290. The van der Waals surface area contributed by atoms with E-state index in [1.807, 2.05) is 110 Å². The number of carbonyl (C=O) groups is 6. The second-order valence-corrected chi connectivity index (χ2v) is 19.8. The maximum atomic E-state index is 14.5. The maximum Gasteiger partial charge on any atom is 0.321 e. The predicted molar refractivity (Wildman–Crippen MR) is 313 cm³/mol. The van der Waals surface area contributed by atoms with Gasteiger partial charge in [0.25, 0.3) is 5.91 Å². The van der Waals surface area contributed by atoms with Crippen LogP contribution in [0.5, 0.6) is 11.5 Å². The molecule has 2 atom stereocenters. The summed E-state index contributed by atoms with van der Waals surface area (Å²) >= 11 is 0. The summed E-state index contributed by atoms with van der Waals surface area (Å²) in [5.41, 5.74) is 11.2. The maximum absolute atomic E-state index is 14.5. The number of carboxylic acids is 1. The van der Waals surface area contributed by atoms with Crippen molar-refractivity contribution >= 4 is 58.2 Å². The lowest BCUT2D eigenvalue weighted by Gasteiger charge is -2.23. The zero-order chi connectivity index (χ0) is 58.7. The van der Waals surface area contributed by atoms with Crippen LogP contribution in [-0.4, -0.2) is 114 Å². The molecule has 1 heterocycles. The van der Waals surface area contributed by atoms with Gasteiger partial charge in [-0.2, -0.15) is 0 Å². The molecule has 5 aromatic rings. The number of aromatic hydroxyl groups is 1. The summed E-state index contributed by atoms with van der Waals surface area (Å²) in [6.45, 7) is 2.94. The first-order valence-electron chi connectivity index (χ1n) is 27.1. The number of urea groups is 1. The van der Waals surface area contributed by atoms with Crippen LogP contribution in [0, 0.1) is 0 Å². The van der Waals surface area contributed by atoms with Crippen LogP contribution < -0.4 is 62.3 Å². The number of fused-ring (bicyclic) bond motifs is 2. The van der Waals surface area contributed by atoms with Gasteiger partial charge >= 0.3 is 6.03 Å². The van der Waals surface area contributed by atoms with E-state index in [0.29, 0.717) is 76.0 Å². The molecule has 6 amide bonds. The number of anilines is 1. The Kier molecular flexibility index (Phi) is 21.2. The van der Waals surface area contributed by atoms with Gasteiger partial charge in [0, 0.05) is 98.7 Å². The number of aliphatic imine (C=N–C) groups is 1. The number of phenolic OH excluding ortho intramolecular Hbond substituents is 1. The van der Waals surface area contributed by atoms with E-state index in [2.05, 4.69) is 36.9 Å². The van der Waals surface area contributed by atoms with Gasteiger partial charge in [-0.3, -0.25) is 29.5 Å². The number of nitrogens with zero attached hydrogens (tertiary/aromatic N) is 3. The van der Waals surface area contributed by atoms with E-state index in [1.54, 1.807) is 49.4 Å². The van der Waals surface area contributed by atoms with Crippen LogP contribution in [0.1, 0.15) is 82.4 Å². The van der Waals surface area contributed by atoms with Gasteiger partial charge in [-0.05, 0) is 103 Å². The summed E-state index contributed by atoms with van der Waals surface area (Å²) in [5, 5.41) is 40.6. The Balaban J connectivity index is 0.980. The fourth-order valence-corrected chi connectivity index (χ4v) is 9.08. The highest BCUT2D eigenvalue weighted by Gasteiger charge is 2.29. The van der Waals surface area contributed by atoms with Crippen molar-refractivity contribution in [2.45, 2.75) is 57.5 Å². The molecular weight excluding hydrogens is 1040 g/mol. The second kappa shape index (κ2) is 28.9. The van der Waals surface area contributed by atoms with Gasteiger partial charge in [-0.25, -0.2) is 9.37 Å². The molecule has 0 bridgehead atoms. The van der Waals surface area contributed by atoms with Crippen LogP contribution >= 0.6 is 0 Å². The highest BCUT2D eigenvalue weighted by atomic mass is 16.5. The molecule has 1 aliphatic heterocycles. The van der Waals surface area contributed by atoms with Crippen LogP contribution in [0.15, 0.2) is 143 Å². The number of unbranched alkanes of at least 4 members (excludes halogenated alkanes) is 1. The summed E-state index contributed by atoms with van der Waals surface area (Å²) in [7, 11) is 7.70. The van der Waals surface area contributed by atoms with E-state index in [0.717, 1.165) is 16.6 Å². The van der Waals surface area contributed by atoms with Crippen LogP contribution in [0.3, 0.4) is 0 Å². The normalized spacial score (nSPS) is 11.9. The average Bonchev–Trinajstić information content (AvgIpc) is 3.35. The van der Waals surface area contributed by atoms with Crippen molar-refractivity contribution in [3.8, 4) is 33.9 Å². The van der Waals surface area contributed by atoms with Crippen LogP contribution in [0.2, 0.25) is 0 Å². The number of guanidine groups is 1. The quantitative estimate of drug-likeness (QED) is 0.0126. The number of benzene rings is 6. The van der Waals surface area contributed by atoms with Crippen LogP contribution in [0.25, 0.3) is 33.4 Å². The molecule has 0 radical (unpaired) electrons. The zero-order valence-corrected chi connectivity index (χ0v) is 46.7. The molecule has 5 aromatic carbocycles. The molecule has 9 N–H and O–H groups in total. The summed E-state index contributed by atoms with van der Waals surface area (Å²) in [6.07, 6.45) is 1.85. The molecule has 428 valence electrons. The predicted octanol–water partition coefficient (Wildman–Crippen LogP) is 4.81. The molecule has 82 heavy (non-hydrogen) atoms. The van der Waals surface area contributed by atoms with Gasteiger partial charge in [-0.15, -0.1) is 0 Å². The number of ether oxygens (including phenoxy) is 1. The first-order valence-corrected chi connectivity index (χ1v) is 27.1. The van der Waals surface area contributed by atoms with E-state index in [-0.39, 0.29) is 74.5 Å². The lowest BCUT2D eigenvalue weighted by molar-refractivity contribution is -0.255. The Hall–Kier alpha value is -9.72. The Morgan fingerprint density at radius 2 is 1.50 bits per heavy atom. The fourth-order valence-electron chi connectivity index (χ4n) is 9.08. The number of nitrogens with two attached hydrogens (primary N) is 1. The standard InChI is InChI=1S/C62H70N10O10/c1-6-54(74)64-31-32-67-62(80)70-61(63)66-30-13-18-51(58(76)68-38-39-19-24-45(73)25-20-39)69-59(77)55(40-14-8-7-9-15-40)41-16-12-17-46(34-41)81-33-11-10-29-65-57(75)42-21-26-47(50(35-42)60(78)79)56-48-27-22-43(71(2)3)36-52(48)82-53-37-44(72(4)5)23-28-49(53)56/h7-9,12,14-17,19-28,34-37,51,55H,6,10-11,13,18,29-33,38H2,1-5H3,(H9-,63,64,65,66,67,68,69,70,73,74,75,76,77,78,79,80)/t51-,55+/m1/s1. The highest BCUT2D eigenvalue weighted by molar-refractivity contribution is 6.09. The molecule has 2 aliphatic rings. The summed E-state index contributed by atoms with van der Waals surface area (Å²) < 4.78 is 14.5. The number of hydrogen-bond acceptors (Lipinski definition) is 12. The van der Waals surface area contributed by atoms with Crippen molar-refractivity contribution in [2.24, 2.45) is 10.7 Å². The monoisotopic (exact) mass is 1110 g/mol. The molecule has 0 unspecified atom stereocenters. The van der Waals surface area contributed by atoms with E-state index in [4.69, 9.17) is 14.9 Å². The molecule has 0 saturated heterocycles. The van der Waals surface area contributed by atoms with Crippen molar-refractivity contribution in [3.05, 3.63) is 167 Å². The van der Waals surface area contributed by atoms with Crippen LogP contribution in [0.4, 0.5) is 10.5 Å². The van der Waals surface area contributed by atoms with E-state index in [1.165, 1.54) is 18.2 Å². The second-order valence-electron chi connectivity index (χ2n) is 19.8. The van der Waals surface area contributed by atoms with Crippen molar-refractivity contribution in [2.75, 3.05) is 65.9 Å². The smallest absolute Gasteiger partial charge is 0.321 e. The topological polar surface area (TPSA) is 285 Å². The van der Waals surface area contributed by atoms with Crippen LogP contribution in [-0.2, 0) is 20.9 Å². The Labute approximate surface area is 475 Å². The van der Waals surface area contributed by atoms with E-state index < -0.39 is 41.7 Å². The third-order valence-electron chi connectivity index (χ3n) is 13.5. The minimum Gasteiger partial charge on any atom is -0.545 e. The van der Waals surface area contributed by atoms with Crippen molar-refractivity contribution in [1.29, 1.82) is 0 Å². The number of hydrogen-bond donors (Lipinski definition) is 8. The summed E-state index contributed by atoms with van der Waals surface area (Å²) in [5.74, 6) is -2.79. The minimum absolute atomic E-state index is 0.0791. The number of amides is 6. The highest BCUT2D eigenvalue weighted by Crippen LogP contribution is 2.42. The summed E-state index contributed by atoms with van der Waals surface area (Å²) in [6, 6.07) is 37.1. The van der Waals surface area contributed by atoms with Gasteiger partial charge in [0.1, 0.15) is 43.0 Å². The third-order valence-corrected chi connectivity index (χ3v) is 13.5. The number of rotatable bonds is 25. The largest absolute Gasteiger partial charge is 0.545 e. The Morgan fingerprint density at radius 3 is 2.23 bits per heavy atom. The first-order chi connectivity index (χ1) is 39.5. The van der Waals surface area contributed by atoms with Crippen molar-refractivity contribution in [1.82, 2.24) is 36.5 Å². The van der Waals surface area contributed by atoms with Gasteiger partial charge in [0.2, 0.25) is 23.1 Å². The lowest BCUT2D eigenvalue weighted by Crippen LogP contribution is -2.48. The number of carbonyl (C=O) groups excluding carboxylic acids is 6. The van der Waals surface area contributed by atoms with E-state index in [9.17, 15) is 39.0 Å². The van der Waals surface area contributed by atoms with Gasteiger partial charge in [0.15, 0.2) is 5.96 Å². The van der Waals surface area contributed by atoms with E-state index >= 15 is 0 Å². The molecule has 0 spiro atoms. The SMILES string of the molecule is CCC(=O)NCCNC(=O)NC(N)=NCCC[C@@H](NC(=O)[C@@H](c1ccccc1)c1cccc(OCCCCNC(=O)c2ccc(-c3c4ccc(=[N+](C)C)cc-4oc4cc(N(C)C)ccc34)c(C(=O)[O-])c2)c1)C(=O)NCc1ccc(O)cc1. The third kappa shape index (κ3) is 16.4. The molecule has 0 aromatic heterocycles. The molecular formula is C62H70N10O10. The lowest BCUT2D eigenvalue weighted by atomic mass is 9.89. The first kappa shape index (κ1) is 59.9. The molecule has 7 rings (SSSR count). The Bertz CT molecular complexity index is 3470. The molecule has 20 nitrogen and oxygen atoms in total. The molecule has 0 fully saturated rings. The number of aromatic carboxylic acids is 1. The zero-order valence-electron chi connectivity index (χ0n) is 46.7. The molecule has 1 aliphatic carbocycles. The van der Waals surface area contributed by atoms with Crippen molar-refractivity contribution < 1.29 is 48.1 Å². The minimum atomic E-state index is -1.43. The Morgan fingerprint density at radius 1 is 0.756 bits per heavy atom. The van der Waals surface area contributed by atoms with Gasteiger partial charge in [-0.1, -0.05) is 67.6 Å². The van der Waals surface area contributed by atoms with Gasteiger partial charge in [0.05, 0.1) is 24.6 Å². The average molecular weight is 1120 g/mol. The van der Waals surface area contributed by atoms with Gasteiger partial charge < -0.3 is 61.4 Å². The summed E-state index contributed by atoms with van der Waals surface area (Å²) in [4.78, 5) is 84.7. The number of carboxylic acid groups (broad SMARTS) is 1. The molecule has 20 heteroatoms. The molecule has 0 saturated carbocycles. The van der Waals surface area contributed by atoms with Crippen molar-refractivity contribution in [3.63, 3.8) is 0 Å². The number of nitrogens with one attached hydrogen (secondary N) is 6.